The predicted molar refractivity (Wildman–Crippen MR) is 202 cm³/mol. The van der Waals surface area contributed by atoms with E-state index in [-0.39, 0.29) is 55.6 Å². The fraction of sp³-hybridized carbons (Fsp3) is 0.463. The van der Waals surface area contributed by atoms with Gasteiger partial charge in [0, 0.05) is 43.7 Å². The minimum Gasteiger partial charge on any atom is -0.494 e. The maximum atomic E-state index is 14.3. The fourth-order valence-electron chi connectivity index (χ4n) is 7.31. The van der Waals surface area contributed by atoms with E-state index in [1.165, 1.54) is 37.0 Å². The molecule has 2 aliphatic rings. The molecule has 1 atom stereocenters. The molecule has 1 aliphatic carbocycles. The molecule has 0 radical (unpaired) electrons. The maximum absolute atomic E-state index is 14.3. The molecule has 53 heavy (non-hydrogen) atoms. The second-order valence-electron chi connectivity index (χ2n) is 14.5. The van der Waals surface area contributed by atoms with Crippen LogP contribution in [0.4, 0.5) is 5.69 Å². The Kier molecular flexibility index (Phi) is 14.2. The lowest BCUT2D eigenvalue weighted by atomic mass is 9.86. The van der Waals surface area contributed by atoms with Crippen LogP contribution in [0.5, 0.6) is 11.5 Å². The molecule has 0 spiro atoms. The largest absolute Gasteiger partial charge is 0.494 e. The van der Waals surface area contributed by atoms with Crippen LogP contribution >= 0.6 is 0 Å². The minimum atomic E-state index is -0.675. The van der Waals surface area contributed by atoms with Gasteiger partial charge in [0.1, 0.15) is 5.75 Å². The zero-order valence-electron chi connectivity index (χ0n) is 30.9. The Morgan fingerprint density at radius 2 is 1.74 bits per heavy atom. The molecule has 0 saturated heterocycles. The molecule has 4 N–H and O–H groups in total. The number of hydrogen-bond acceptors (Lipinski definition) is 8. The summed E-state index contributed by atoms with van der Waals surface area (Å²) in [6, 6.07) is 19.4. The summed E-state index contributed by atoms with van der Waals surface area (Å²) in [5.74, 6) is 0.171. The molecule has 1 unspecified atom stereocenters. The van der Waals surface area contributed by atoms with Gasteiger partial charge in [-0.1, -0.05) is 62.4 Å². The topological polar surface area (TPSA) is 155 Å². The van der Waals surface area contributed by atoms with Gasteiger partial charge >= 0.3 is 0 Å². The summed E-state index contributed by atoms with van der Waals surface area (Å²) in [5, 5.41) is 12.1. The molecule has 3 aromatic carbocycles. The number of carbonyl (C=O) groups is 4. The summed E-state index contributed by atoms with van der Waals surface area (Å²) in [7, 11) is 4.05. The average molecular weight is 728 g/mol. The lowest BCUT2D eigenvalue weighted by molar-refractivity contribution is -0.138. The number of nitrogens with zero attached hydrogens (tertiary/aromatic N) is 3. The first kappa shape index (κ1) is 39.3. The molecule has 3 aromatic rings. The molecule has 12 heteroatoms. The lowest BCUT2D eigenvalue weighted by Gasteiger charge is -2.37. The quantitative estimate of drug-likeness (QED) is 0.0843. The summed E-state index contributed by atoms with van der Waals surface area (Å²) in [4.78, 5) is 62.4. The van der Waals surface area contributed by atoms with Crippen LogP contribution in [0.25, 0.3) is 0 Å². The van der Waals surface area contributed by atoms with E-state index in [9.17, 15) is 19.2 Å². The first-order chi connectivity index (χ1) is 25.6. The number of carbonyl (C=O) groups excluding carboxylic acids is 4. The monoisotopic (exact) mass is 727 g/mol. The standard InChI is InChI=1S/C41H53N5O7/c1-44(2)21-7-23-52-34-17-14-31(15-18-34)37-25-32-13-16-33(43-39(48)19-12-29-8-4-3-5-9-29)26-36(32)41(50)46(37)22-20-40(49)45(28-38(42)47)27-30-10-6-11-35(24-30)53-51/h6,10-11,13-18,24,26,29,37,51H,3-5,7-9,12,19-23,25,27-28H2,1-2H3,(H2,42,47)(H,43,48). The van der Waals surface area contributed by atoms with Crippen molar-refractivity contribution in [3.05, 3.63) is 89.0 Å². The number of nitrogens with two attached hydrogens (primary N) is 1. The van der Waals surface area contributed by atoms with E-state index in [0.717, 1.165) is 36.3 Å². The molecule has 0 bridgehead atoms. The Bertz CT molecular complexity index is 1710. The lowest BCUT2D eigenvalue weighted by Crippen LogP contribution is -2.44. The van der Waals surface area contributed by atoms with Crippen LogP contribution in [0.15, 0.2) is 66.7 Å². The van der Waals surface area contributed by atoms with E-state index < -0.39 is 5.91 Å². The number of amides is 4. The molecule has 4 amide bonds. The Morgan fingerprint density at radius 3 is 2.45 bits per heavy atom. The molecule has 1 aliphatic heterocycles. The van der Waals surface area contributed by atoms with Crippen molar-refractivity contribution in [3.63, 3.8) is 0 Å². The van der Waals surface area contributed by atoms with Crippen LogP contribution < -0.4 is 20.7 Å². The molecular weight excluding hydrogens is 674 g/mol. The third-order valence-corrected chi connectivity index (χ3v) is 10.1. The van der Waals surface area contributed by atoms with E-state index in [4.69, 9.17) is 15.7 Å². The first-order valence-corrected chi connectivity index (χ1v) is 18.7. The summed E-state index contributed by atoms with van der Waals surface area (Å²) in [6.45, 7) is 1.32. The van der Waals surface area contributed by atoms with Gasteiger partial charge in [-0.05, 0) is 92.4 Å². The minimum absolute atomic E-state index is 0.0546. The van der Waals surface area contributed by atoms with Crippen molar-refractivity contribution >= 4 is 29.3 Å². The highest BCUT2D eigenvalue weighted by Gasteiger charge is 2.34. The van der Waals surface area contributed by atoms with Gasteiger partial charge in [0.2, 0.25) is 17.7 Å². The fourth-order valence-corrected chi connectivity index (χ4v) is 7.31. The van der Waals surface area contributed by atoms with E-state index >= 15 is 0 Å². The van der Waals surface area contributed by atoms with E-state index in [1.807, 2.05) is 50.5 Å². The number of rotatable bonds is 18. The van der Waals surface area contributed by atoms with Crippen LogP contribution in [-0.4, -0.2) is 83.9 Å². The Hall–Kier alpha value is -4.94. The van der Waals surface area contributed by atoms with Gasteiger partial charge in [0.15, 0.2) is 5.75 Å². The zero-order valence-corrected chi connectivity index (χ0v) is 30.9. The number of anilines is 1. The van der Waals surface area contributed by atoms with E-state index in [0.29, 0.717) is 42.2 Å². The third-order valence-electron chi connectivity index (χ3n) is 10.1. The van der Waals surface area contributed by atoms with E-state index in [1.54, 1.807) is 35.2 Å². The predicted octanol–water partition coefficient (Wildman–Crippen LogP) is 5.81. The second kappa shape index (κ2) is 19.2. The molecular formula is C41H53N5O7. The average Bonchev–Trinajstić information content (AvgIpc) is 3.15. The van der Waals surface area contributed by atoms with Crippen molar-refractivity contribution in [3.8, 4) is 11.5 Å². The van der Waals surface area contributed by atoms with Gasteiger partial charge in [-0.25, -0.2) is 5.26 Å². The number of primary amides is 1. The van der Waals surface area contributed by atoms with Crippen molar-refractivity contribution < 1.29 is 34.1 Å². The van der Waals surface area contributed by atoms with E-state index in [2.05, 4.69) is 15.1 Å². The molecule has 0 aromatic heterocycles. The summed E-state index contributed by atoms with van der Waals surface area (Å²) >= 11 is 0. The van der Waals surface area contributed by atoms with Crippen molar-refractivity contribution in [2.45, 2.75) is 76.8 Å². The Labute approximate surface area is 312 Å². The molecule has 1 fully saturated rings. The van der Waals surface area contributed by atoms with Crippen molar-refractivity contribution in [1.29, 1.82) is 0 Å². The van der Waals surface area contributed by atoms with Gasteiger partial charge in [-0.2, -0.15) is 0 Å². The number of benzene rings is 3. The molecule has 5 rings (SSSR count). The van der Waals surface area contributed by atoms with Crippen molar-refractivity contribution in [2.75, 3.05) is 45.7 Å². The van der Waals surface area contributed by atoms with Crippen LogP contribution in [-0.2, 0) is 27.3 Å². The SMILES string of the molecule is CN(C)CCCOc1ccc(C2Cc3ccc(NC(=O)CCC4CCCCC4)cc3C(=O)N2CCC(=O)N(CC(N)=O)Cc2cccc(OO)c2)cc1. The Balaban J connectivity index is 1.33. The summed E-state index contributed by atoms with van der Waals surface area (Å²) < 4.78 is 5.95. The highest BCUT2D eigenvalue weighted by Crippen LogP contribution is 2.36. The van der Waals surface area contributed by atoms with Crippen LogP contribution in [0.3, 0.4) is 0 Å². The smallest absolute Gasteiger partial charge is 0.254 e. The second-order valence-corrected chi connectivity index (χ2v) is 14.5. The van der Waals surface area contributed by atoms with Crippen molar-refractivity contribution in [1.82, 2.24) is 14.7 Å². The highest BCUT2D eigenvalue weighted by atomic mass is 17.1. The third kappa shape index (κ3) is 11.5. The zero-order chi connectivity index (χ0) is 37.7. The summed E-state index contributed by atoms with van der Waals surface area (Å²) in [6.07, 6.45) is 8.74. The van der Waals surface area contributed by atoms with Crippen LogP contribution in [0.2, 0.25) is 0 Å². The first-order valence-electron chi connectivity index (χ1n) is 18.7. The van der Waals surface area contributed by atoms with Gasteiger partial charge < -0.3 is 35.4 Å². The van der Waals surface area contributed by atoms with Crippen molar-refractivity contribution in [2.24, 2.45) is 11.7 Å². The molecule has 284 valence electrons. The van der Waals surface area contributed by atoms with Crippen LogP contribution in [0, 0.1) is 5.92 Å². The number of ether oxygens (including phenoxy) is 1. The van der Waals surface area contributed by atoms with Gasteiger partial charge in [0.05, 0.1) is 19.2 Å². The van der Waals surface area contributed by atoms with Gasteiger partial charge in [-0.15, -0.1) is 0 Å². The Morgan fingerprint density at radius 1 is 0.962 bits per heavy atom. The normalized spacial score (nSPS) is 15.9. The molecule has 12 nitrogen and oxygen atoms in total. The van der Waals surface area contributed by atoms with Crippen LogP contribution in [0.1, 0.15) is 90.9 Å². The van der Waals surface area contributed by atoms with Gasteiger partial charge in [-0.3, -0.25) is 19.2 Å². The number of nitrogens with one attached hydrogen (secondary N) is 1. The maximum Gasteiger partial charge on any atom is 0.254 e. The molecule has 1 saturated carbocycles. The van der Waals surface area contributed by atoms with Gasteiger partial charge in [0.25, 0.3) is 5.91 Å². The summed E-state index contributed by atoms with van der Waals surface area (Å²) in [5.41, 5.74) is 8.95. The number of hydrogen-bond donors (Lipinski definition) is 3. The molecule has 1 heterocycles. The number of fused-ring (bicyclic) bond motifs is 1. The highest BCUT2D eigenvalue weighted by molar-refractivity contribution is 6.00.